The molecular formula is C20H20N2O4. The number of rotatable bonds is 3. The van der Waals surface area contributed by atoms with Gasteiger partial charge in [-0.25, -0.2) is 0 Å². The molecule has 0 unspecified atom stereocenters. The summed E-state index contributed by atoms with van der Waals surface area (Å²) in [6, 6.07) is 11.0. The van der Waals surface area contributed by atoms with Crippen molar-refractivity contribution in [2.24, 2.45) is 0 Å². The van der Waals surface area contributed by atoms with Crippen molar-refractivity contribution in [3.05, 3.63) is 42.1 Å². The molecule has 6 nitrogen and oxygen atoms in total. The van der Waals surface area contributed by atoms with Gasteiger partial charge in [0.15, 0.2) is 11.5 Å². The van der Waals surface area contributed by atoms with E-state index in [0.29, 0.717) is 36.0 Å². The summed E-state index contributed by atoms with van der Waals surface area (Å²) in [7, 11) is 1.56. The second kappa shape index (κ2) is 6.63. The number of nitrogens with zero attached hydrogens (tertiary/aromatic N) is 1. The fourth-order valence-corrected chi connectivity index (χ4v) is 3.18. The highest BCUT2D eigenvalue weighted by molar-refractivity contribution is 5.88. The summed E-state index contributed by atoms with van der Waals surface area (Å²) in [6.07, 6.45) is 0.838. The molecule has 3 aromatic rings. The van der Waals surface area contributed by atoms with E-state index in [1.54, 1.807) is 25.3 Å². The van der Waals surface area contributed by atoms with Gasteiger partial charge in [-0.3, -0.25) is 5.10 Å². The first-order valence-corrected chi connectivity index (χ1v) is 8.50. The number of benzene rings is 2. The Morgan fingerprint density at radius 3 is 2.77 bits per heavy atom. The van der Waals surface area contributed by atoms with E-state index < -0.39 is 0 Å². The lowest BCUT2D eigenvalue weighted by molar-refractivity contribution is 0.297. The van der Waals surface area contributed by atoms with Gasteiger partial charge in [0.2, 0.25) is 0 Å². The van der Waals surface area contributed by atoms with E-state index in [2.05, 4.69) is 10.2 Å². The topological polar surface area (TPSA) is 76.6 Å². The highest BCUT2D eigenvalue weighted by atomic mass is 16.5. The Hall–Kier alpha value is -3.15. The first kappa shape index (κ1) is 16.3. The molecule has 2 aromatic carbocycles. The molecule has 0 aliphatic carbocycles. The number of aryl methyl sites for hydroxylation is 1. The molecule has 0 atom stereocenters. The fourth-order valence-electron chi connectivity index (χ4n) is 3.18. The summed E-state index contributed by atoms with van der Waals surface area (Å²) < 4.78 is 16.9. The normalized spacial score (nSPS) is 13.3. The van der Waals surface area contributed by atoms with Crippen molar-refractivity contribution in [3.63, 3.8) is 0 Å². The zero-order valence-electron chi connectivity index (χ0n) is 14.7. The predicted molar refractivity (Wildman–Crippen MR) is 98.0 cm³/mol. The van der Waals surface area contributed by atoms with Gasteiger partial charge in [0.1, 0.15) is 17.2 Å². The number of para-hydroxylation sites is 1. The van der Waals surface area contributed by atoms with Crippen molar-refractivity contribution in [3.8, 4) is 45.4 Å². The molecular weight excluding hydrogens is 332 g/mol. The summed E-state index contributed by atoms with van der Waals surface area (Å²) >= 11 is 0. The highest BCUT2D eigenvalue weighted by Crippen LogP contribution is 2.45. The van der Waals surface area contributed by atoms with Crippen LogP contribution in [0.15, 0.2) is 36.4 Å². The molecule has 1 aliphatic rings. The molecule has 0 saturated carbocycles. The lowest BCUT2D eigenvalue weighted by atomic mass is 9.97. The number of fused-ring (bicyclic) bond motifs is 1. The van der Waals surface area contributed by atoms with E-state index in [9.17, 15) is 5.11 Å². The van der Waals surface area contributed by atoms with Crippen LogP contribution < -0.4 is 14.2 Å². The smallest absolute Gasteiger partial charge is 0.169 e. The van der Waals surface area contributed by atoms with Crippen LogP contribution in [0.5, 0.6) is 23.0 Å². The second-order valence-electron chi connectivity index (χ2n) is 6.14. The number of ether oxygens (including phenoxy) is 3. The highest BCUT2D eigenvalue weighted by Gasteiger charge is 2.23. The Bertz CT molecular complexity index is 949. The van der Waals surface area contributed by atoms with Gasteiger partial charge in [-0.15, -0.1) is 0 Å². The first-order valence-electron chi connectivity index (χ1n) is 8.50. The molecule has 2 heterocycles. The number of aromatic hydroxyl groups is 1. The average Bonchev–Trinajstić information content (AvgIpc) is 2.87. The van der Waals surface area contributed by atoms with Crippen LogP contribution in [-0.4, -0.2) is 35.6 Å². The molecule has 0 saturated heterocycles. The van der Waals surface area contributed by atoms with Crippen LogP contribution in [0.25, 0.3) is 22.4 Å². The van der Waals surface area contributed by atoms with Gasteiger partial charge in [-0.05, 0) is 25.1 Å². The van der Waals surface area contributed by atoms with Crippen LogP contribution in [0, 0.1) is 6.92 Å². The zero-order chi connectivity index (χ0) is 18.1. The average molecular weight is 352 g/mol. The standard InChI is InChI=1S/C20H20N2O4/c1-12-18(15-5-3-6-17-20(15)26-10-4-9-25-17)19(22-21-12)14-8-7-13(24-2)11-16(14)23/h3,5-8,11,23H,4,9-10H2,1-2H3,(H,21,22). The van der Waals surface area contributed by atoms with Crippen molar-refractivity contribution in [1.29, 1.82) is 0 Å². The van der Waals surface area contributed by atoms with Crippen LogP contribution in [-0.2, 0) is 0 Å². The number of H-pyrrole nitrogens is 1. The summed E-state index contributed by atoms with van der Waals surface area (Å²) in [5.41, 5.74) is 3.94. The Morgan fingerprint density at radius 2 is 1.96 bits per heavy atom. The van der Waals surface area contributed by atoms with Gasteiger partial charge in [-0.2, -0.15) is 5.10 Å². The predicted octanol–water partition coefficient (Wildman–Crippen LogP) is 3.93. The summed E-state index contributed by atoms with van der Waals surface area (Å²) in [6.45, 7) is 3.18. The van der Waals surface area contributed by atoms with Crippen LogP contribution in [0.3, 0.4) is 0 Å². The van der Waals surface area contributed by atoms with Crippen molar-refractivity contribution in [2.45, 2.75) is 13.3 Å². The van der Waals surface area contributed by atoms with E-state index in [1.807, 2.05) is 25.1 Å². The fraction of sp³-hybridized carbons (Fsp3) is 0.250. The van der Waals surface area contributed by atoms with Crippen LogP contribution in [0.4, 0.5) is 0 Å². The molecule has 1 aliphatic heterocycles. The van der Waals surface area contributed by atoms with Gasteiger partial charge in [0, 0.05) is 34.9 Å². The molecule has 4 rings (SSSR count). The third kappa shape index (κ3) is 2.73. The molecule has 0 fully saturated rings. The minimum atomic E-state index is 0.108. The SMILES string of the molecule is COc1ccc(-c2n[nH]c(C)c2-c2cccc3c2OCCCO3)c(O)c1. The summed E-state index contributed by atoms with van der Waals surface area (Å²) in [4.78, 5) is 0. The van der Waals surface area contributed by atoms with Crippen LogP contribution in [0.1, 0.15) is 12.1 Å². The van der Waals surface area contributed by atoms with Crippen LogP contribution in [0.2, 0.25) is 0 Å². The molecule has 134 valence electrons. The van der Waals surface area contributed by atoms with Crippen molar-refractivity contribution < 1.29 is 19.3 Å². The lowest BCUT2D eigenvalue weighted by Gasteiger charge is -2.14. The number of nitrogens with one attached hydrogen (secondary N) is 1. The number of aromatic amines is 1. The van der Waals surface area contributed by atoms with Gasteiger partial charge in [0.25, 0.3) is 0 Å². The Kier molecular flexibility index (Phi) is 4.16. The van der Waals surface area contributed by atoms with Gasteiger partial charge in [-0.1, -0.05) is 12.1 Å². The first-order chi connectivity index (χ1) is 12.7. The molecule has 0 amide bonds. The van der Waals surface area contributed by atoms with E-state index in [0.717, 1.165) is 29.0 Å². The van der Waals surface area contributed by atoms with E-state index in [1.165, 1.54) is 0 Å². The maximum atomic E-state index is 10.5. The molecule has 0 bridgehead atoms. The third-order valence-corrected chi connectivity index (χ3v) is 4.45. The van der Waals surface area contributed by atoms with E-state index in [-0.39, 0.29) is 5.75 Å². The Balaban J connectivity index is 1.89. The second-order valence-corrected chi connectivity index (χ2v) is 6.14. The third-order valence-electron chi connectivity index (χ3n) is 4.45. The summed E-state index contributed by atoms with van der Waals surface area (Å²) in [5, 5.41) is 17.9. The quantitative estimate of drug-likeness (QED) is 0.747. The number of phenols is 1. The largest absolute Gasteiger partial charge is 0.507 e. The van der Waals surface area contributed by atoms with Crippen molar-refractivity contribution in [2.75, 3.05) is 20.3 Å². The van der Waals surface area contributed by atoms with Crippen molar-refractivity contribution >= 4 is 0 Å². The van der Waals surface area contributed by atoms with E-state index >= 15 is 0 Å². The molecule has 6 heteroatoms. The van der Waals surface area contributed by atoms with E-state index in [4.69, 9.17) is 14.2 Å². The minimum Gasteiger partial charge on any atom is -0.507 e. The summed E-state index contributed by atoms with van der Waals surface area (Å²) in [5.74, 6) is 2.14. The number of hydrogen-bond donors (Lipinski definition) is 2. The lowest BCUT2D eigenvalue weighted by Crippen LogP contribution is -1.98. The van der Waals surface area contributed by atoms with Gasteiger partial charge < -0.3 is 19.3 Å². The van der Waals surface area contributed by atoms with Crippen molar-refractivity contribution in [1.82, 2.24) is 10.2 Å². The number of hydrogen-bond acceptors (Lipinski definition) is 5. The Morgan fingerprint density at radius 1 is 1.12 bits per heavy atom. The molecule has 2 N–H and O–H groups in total. The molecule has 1 aromatic heterocycles. The monoisotopic (exact) mass is 352 g/mol. The van der Waals surface area contributed by atoms with Crippen LogP contribution >= 0.6 is 0 Å². The Labute approximate surface area is 151 Å². The minimum absolute atomic E-state index is 0.108. The maximum absolute atomic E-state index is 10.5. The zero-order valence-corrected chi connectivity index (χ0v) is 14.7. The number of methoxy groups -OCH3 is 1. The maximum Gasteiger partial charge on any atom is 0.169 e. The van der Waals surface area contributed by atoms with Gasteiger partial charge in [0.05, 0.1) is 20.3 Å². The molecule has 0 spiro atoms. The molecule has 26 heavy (non-hydrogen) atoms. The molecule has 0 radical (unpaired) electrons. The van der Waals surface area contributed by atoms with Gasteiger partial charge >= 0.3 is 0 Å². The number of aromatic nitrogens is 2. The number of phenolic OH excluding ortho intramolecular Hbond substituents is 1.